The monoisotopic (exact) mass is 335 g/mol. The van der Waals surface area contributed by atoms with Crippen molar-refractivity contribution in [1.82, 2.24) is 0 Å². The largest absolute Gasteiger partial charge is 0.485 e. The van der Waals surface area contributed by atoms with Crippen LogP contribution in [0.4, 0.5) is 40.8 Å². The van der Waals surface area contributed by atoms with Crippen LogP contribution < -0.4 is 4.90 Å². The fourth-order valence-electron chi connectivity index (χ4n) is 1.89. The van der Waals surface area contributed by atoms with Gasteiger partial charge in [-0.05, 0) is 6.42 Å². The molecule has 22 heavy (non-hydrogen) atoms. The minimum atomic E-state index is -5.27. The molecule has 0 bridgehead atoms. The standard InChI is InChI=1S/C13H13F8N/c1-2-3-4-5-6-22(13(19,20)21)12-10(17)8(15)7(14)9(16)11(12)18/h2-6H2,1H3. The molecular formula is C13H13F8N. The molecule has 0 unspecified atom stereocenters. The van der Waals surface area contributed by atoms with Crippen LogP contribution in [0.1, 0.15) is 32.6 Å². The van der Waals surface area contributed by atoms with Crippen LogP contribution in [0.25, 0.3) is 0 Å². The highest BCUT2D eigenvalue weighted by Crippen LogP contribution is 2.36. The molecule has 9 heteroatoms. The van der Waals surface area contributed by atoms with E-state index in [-0.39, 0.29) is 6.42 Å². The average molecular weight is 335 g/mol. The first kappa shape index (κ1) is 18.5. The Bertz CT molecular complexity index is 497. The summed E-state index contributed by atoms with van der Waals surface area (Å²) in [5, 5.41) is 0. The van der Waals surface area contributed by atoms with E-state index in [1.165, 1.54) is 0 Å². The Morgan fingerprint density at radius 2 is 1.18 bits per heavy atom. The molecular weight excluding hydrogens is 322 g/mol. The summed E-state index contributed by atoms with van der Waals surface area (Å²) in [7, 11) is 0. The molecule has 0 aliphatic carbocycles. The minimum Gasteiger partial charge on any atom is -0.278 e. The third kappa shape index (κ3) is 3.80. The van der Waals surface area contributed by atoms with Crippen LogP contribution in [0.2, 0.25) is 0 Å². The second-order valence-corrected chi connectivity index (χ2v) is 4.60. The second-order valence-electron chi connectivity index (χ2n) is 4.60. The van der Waals surface area contributed by atoms with Crippen LogP contribution in [-0.4, -0.2) is 12.8 Å². The van der Waals surface area contributed by atoms with Gasteiger partial charge in [0.1, 0.15) is 5.69 Å². The number of anilines is 1. The molecule has 126 valence electrons. The molecule has 1 nitrogen and oxygen atoms in total. The van der Waals surface area contributed by atoms with Crippen molar-refractivity contribution >= 4 is 5.69 Å². The molecule has 0 radical (unpaired) electrons. The number of rotatable bonds is 6. The third-order valence-corrected chi connectivity index (χ3v) is 3.00. The van der Waals surface area contributed by atoms with E-state index in [9.17, 15) is 35.1 Å². The minimum absolute atomic E-state index is 0.104. The van der Waals surface area contributed by atoms with E-state index in [1.807, 2.05) is 0 Å². The molecule has 0 amide bonds. The Labute approximate surface area is 121 Å². The molecule has 0 spiro atoms. The molecule has 0 aliphatic heterocycles. The van der Waals surface area contributed by atoms with Crippen LogP contribution in [-0.2, 0) is 0 Å². The Morgan fingerprint density at radius 1 is 0.727 bits per heavy atom. The van der Waals surface area contributed by atoms with Crippen molar-refractivity contribution in [2.75, 3.05) is 11.4 Å². The molecule has 1 aromatic carbocycles. The predicted molar refractivity (Wildman–Crippen MR) is 63.8 cm³/mol. The van der Waals surface area contributed by atoms with Gasteiger partial charge in [-0.25, -0.2) is 22.0 Å². The number of hydrogen-bond donors (Lipinski definition) is 0. The summed E-state index contributed by atoms with van der Waals surface area (Å²) in [6, 6.07) is 0. The lowest BCUT2D eigenvalue weighted by Gasteiger charge is -2.28. The predicted octanol–water partition coefficient (Wildman–Crippen LogP) is 5.29. The lowest BCUT2D eigenvalue weighted by molar-refractivity contribution is -0.130. The topological polar surface area (TPSA) is 3.24 Å². The SMILES string of the molecule is CCCCCCN(c1c(F)c(F)c(F)c(F)c1F)C(F)(F)F. The van der Waals surface area contributed by atoms with Crippen LogP contribution in [0, 0.1) is 29.1 Å². The average Bonchev–Trinajstić information content (AvgIpc) is 2.44. The van der Waals surface area contributed by atoms with Gasteiger partial charge in [-0.3, -0.25) is 4.90 Å². The van der Waals surface area contributed by atoms with E-state index in [1.54, 1.807) is 6.92 Å². The molecule has 0 fully saturated rings. The zero-order chi connectivity index (χ0) is 17.1. The van der Waals surface area contributed by atoms with Crippen molar-refractivity contribution in [3.8, 4) is 0 Å². The maximum Gasteiger partial charge on any atom is 0.485 e. The Hall–Kier alpha value is -1.54. The molecule has 1 aromatic rings. The molecule has 0 saturated carbocycles. The number of benzene rings is 1. The van der Waals surface area contributed by atoms with Crippen molar-refractivity contribution in [3.63, 3.8) is 0 Å². The highest BCUT2D eigenvalue weighted by atomic mass is 19.4. The summed E-state index contributed by atoms with van der Waals surface area (Å²) in [5.74, 6) is -12.3. The smallest absolute Gasteiger partial charge is 0.278 e. The van der Waals surface area contributed by atoms with Crippen LogP contribution in [0.15, 0.2) is 0 Å². The van der Waals surface area contributed by atoms with Gasteiger partial charge in [-0.2, -0.15) is 13.2 Å². The van der Waals surface area contributed by atoms with E-state index in [0.717, 1.165) is 0 Å². The van der Waals surface area contributed by atoms with Gasteiger partial charge in [-0.15, -0.1) is 0 Å². The Balaban J connectivity index is 3.26. The molecule has 0 saturated heterocycles. The van der Waals surface area contributed by atoms with Gasteiger partial charge in [-0.1, -0.05) is 26.2 Å². The fourth-order valence-corrected chi connectivity index (χ4v) is 1.89. The number of hydrogen-bond acceptors (Lipinski definition) is 1. The first-order chi connectivity index (χ1) is 10.1. The molecule has 0 aliphatic rings. The Morgan fingerprint density at radius 3 is 1.59 bits per heavy atom. The van der Waals surface area contributed by atoms with Crippen LogP contribution in [0.5, 0.6) is 0 Å². The summed E-state index contributed by atoms with van der Waals surface area (Å²) >= 11 is 0. The van der Waals surface area contributed by atoms with E-state index >= 15 is 0 Å². The van der Waals surface area contributed by atoms with E-state index in [4.69, 9.17) is 0 Å². The van der Waals surface area contributed by atoms with Crippen molar-refractivity contribution in [2.24, 2.45) is 0 Å². The highest BCUT2D eigenvalue weighted by molar-refractivity contribution is 5.51. The Kier molecular flexibility index (Phi) is 6.01. The summed E-state index contributed by atoms with van der Waals surface area (Å²) in [5.41, 5.74) is -1.97. The summed E-state index contributed by atoms with van der Waals surface area (Å²) in [6.07, 6.45) is -3.76. The molecule has 0 atom stereocenters. The zero-order valence-electron chi connectivity index (χ0n) is 11.5. The zero-order valence-corrected chi connectivity index (χ0v) is 11.5. The normalized spacial score (nSPS) is 11.9. The molecule has 1 rings (SSSR count). The fraction of sp³-hybridized carbons (Fsp3) is 0.538. The summed E-state index contributed by atoms with van der Waals surface area (Å²) in [6.45, 7) is 0.896. The van der Waals surface area contributed by atoms with Crippen molar-refractivity contribution in [3.05, 3.63) is 29.1 Å². The maximum absolute atomic E-state index is 13.5. The lowest BCUT2D eigenvalue weighted by atomic mass is 10.2. The van der Waals surface area contributed by atoms with E-state index in [2.05, 4.69) is 0 Å². The van der Waals surface area contributed by atoms with Crippen molar-refractivity contribution in [1.29, 1.82) is 0 Å². The molecule has 0 aromatic heterocycles. The van der Waals surface area contributed by atoms with Gasteiger partial charge >= 0.3 is 6.30 Å². The number of unbranched alkanes of at least 4 members (excludes halogenated alkanes) is 3. The molecule has 0 N–H and O–H groups in total. The van der Waals surface area contributed by atoms with Gasteiger partial charge in [0.15, 0.2) is 23.3 Å². The van der Waals surface area contributed by atoms with Crippen LogP contribution in [0.3, 0.4) is 0 Å². The van der Waals surface area contributed by atoms with Crippen molar-refractivity contribution < 1.29 is 35.1 Å². The first-order valence-corrected chi connectivity index (χ1v) is 6.48. The first-order valence-electron chi connectivity index (χ1n) is 6.48. The second kappa shape index (κ2) is 7.15. The summed E-state index contributed by atoms with van der Waals surface area (Å²) < 4.78 is 105. The number of nitrogens with zero attached hydrogens (tertiary/aromatic N) is 1. The van der Waals surface area contributed by atoms with Gasteiger partial charge in [0.05, 0.1) is 0 Å². The quantitative estimate of drug-likeness (QED) is 0.224. The van der Waals surface area contributed by atoms with Gasteiger partial charge in [0.2, 0.25) is 5.82 Å². The third-order valence-electron chi connectivity index (χ3n) is 3.00. The maximum atomic E-state index is 13.5. The number of alkyl halides is 3. The van der Waals surface area contributed by atoms with Gasteiger partial charge in [0, 0.05) is 6.54 Å². The van der Waals surface area contributed by atoms with Crippen molar-refractivity contribution in [2.45, 2.75) is 38.9 Å². The van der Waals surface area contributed by atoms with E-state index < -0.39 is 52.5 Å². The summed E-state index contributed by atoms with van der Waals surface area (Å²) in [4.78, 5) is -0.751. The number of halogens is 8. The van der Waals surface area contributed by atoms with Gasteiger partial charge < -0.3 is 0 Å². The van der Waals surface area contributed by atoms with Gasteiger partial charge in [0.25, 0.3) is 0 Å². The molecule has 0 heterocycles. The van der Waals surface area contributed by atoms with Crippen LogP contribution >= 0.6 is 0 Å². The highest BCUT2D eigenvalue weighted by Gasteiger charge is 2.42. The van der Waals surface area contributed by atoms with E-state index in [0.29, 0.717) is 19.3 Å². The lowest BCUT2D eigenvalue weighted by Crippen LogP contribution is -2.40.